The molecular weight excluding hydrogens is 486 g/mol. The summed E-state index contributed by atoms with van der Waals surface area (Å²) in [5.41, 5.74) is -0.750. The molecule has 4 rings (SSSR count). The van der Waals surface area contributed by atoms with E-state index in [-0.39, 0.29) is 28.4 Å². The number of carbonyl (C=O) groups is 1. The fraction of sp³-hybridized carbons (Fsp3) is 0.217. The van der Waals surface area contributed by atoms with E-state index < -0.39 is 58.3 Å². The molecule has 1 heterocycles. The van der Waals surface area contributed by atoms with Crippen LogP contribution in [-0.2, 0) is 17.6 Å². The molecule has 1 amide bonds. The van der Waals surface area contributed by atoms with Crippen molar-refractivity contribution in [2.75, 3.05) is 10.0 Å². The largest absolute Gasteiger partial charge is 0.350 e. The SMILES string of the molecule is Cc1ccc(Nc2c(C(=O)NC3CC3)cc(Cc3ccnc(NS(N)=O)c3F)c(F)c2F)c(F)c1. The molecule has 7 nitrogen and oxygen atoms in total. The summed E-state index contributed by atoms with van der Waals surface area (Å²) in [6.45, 7) is 1.67. The molecule has 5 N–H and O–H groups in total. The quantitative estimate of drug-likeness (QED) is 0.344. The van der Waals surface area contributed by atoms with E-state index in [2.05, 4.69) is 20.3 Å². The molecule has 1 atom stereocenters. The van der Waals surface area contributed by atoms with Crippen LogP contribution in [0.1, 0.15) is 39.9 Å². The number of aryl methyl sites for hydroxylation is 1. The molecule has 0 saturated heterocycles. The van der Waals surface area contributed by atoms with Crippen LogP contribution in [0.2, 0.25) is 0 Å². The Bertz CT molecular complexity index is 1330. The average molecular weight is 508 g/mol. The van der Waals surface area contributed by atoms with Crippen molar-refractivity contribution in [3.05, 3.63) is 82.1 Å². The first-order chi connectivity index (χ1) is 16.6. The predicted molar refractivity (Wildman–Crippen MR) is 124 cm³/mol. The molecule has 35 heavy (non-hydrogen) atoms. The summed E-state index contributed by atoms with van der Waals surface area (Å²) in [7, 11) is 0. The zero-order valence-electron chi connectivity index (χ0n) is 18.4. The van der Waals surface area contributed by atoms with Crippen molar-refractivity contribution in [1.82, 2.24) is 10.3 Å². The van der Waals surface area contributed by atoms with Gasteiger partial charge >= 0.3 is 0 Å². The van der Waals surface area contributed by atoms with E-state index >= 15 is 8.78 Å². The van der Waals surface area contributed by atoms with Crippen LogP contribution in [0.3, 0.4) is 0 Å². The lowest BCUT2D eigenvalue weighted by Crippen LogP contribution is -2.27. The number of halogens is 4. The maximum absolute atomic E-state index is 15.3. The molecule has 1 aromatic heterocycles. The van der Waals surface area contributed by atoms with Gasteiger partial charge in [0.25, 0.3) is 5.91 Å². The molecule has 0 spiro atoms. The van der Waals surface area contributed by atoms with E-state index in [4.69, 9.17) is 5.14 Å². The fourth-order valence-corrected chi connectivity index (χ4v) is 3.78. The third-order valence-corrected chi connectivity index (χ3v) is 5.77. The molecule has 3 aromatic rings. The molecule has 0 radical (unpaired) electrons. The van der Waals surface area contributed by atoms with Crippen LogP contribution < -0.4 is 20.5 Å². The second-order valence-corrected chi connectivity index (χ2v) is 8.95. The zero-order chi connectivity index (χ0) is 25.3. The number of nitrogens with two attached hydrogens (primary N) is 1. The number of pyridine rings is 1. The average Bonchev–Trinajstić information content (AvgIpc) is 3.61. The minimum Gasteiger partial charge on any atom is -0.350 e. The van der Waals surface area contributed by atoms with E-state index in [1.165, 1.54) is 24.4 Å². The Hall–Kier alpha value is -3.51. The van der Waals surface area contributed by atoms with Crippen LogP contribution in [-0.4, -0.2) is 21.1 Å². The number of nitrogens with zero attached hydrogens (tertiary/aromatic N) is 1. The molecular formula is C23H21F4N5O2S. The molecule has 0 bridgehead atoms. The number of carbonyl (C=O) groups excluding carboxylic acids is 1. The first-order valence-electron chi connectivity index (χ1n) is 10.5. The summed E-state index contributed by atoms with van der Waals surface area (Å²) in [5.74, 6) is -5.53. The van der Waals surface area contributed by atoms with Gasteiger partial charge < -0.3 is 10.6 Å². The maximum Gasteiger partial charge on any atom is 0.253 e. The highest BCUT2D eigenvalue weighted by atomic mass is 32.2. The minimum absolute atomic E-state index is 0.0913. The van der Waals surface area contributed by atoms with Crippen molar-refractivity contribution in [2.45, 2.75) is 32.2 Å². The number of aromatic nitrogens is 1. The maximum atomic E-state index is 15.3. The van der Waals surface area contributed by atoms with Gasteiger partial charge in [0.15, 0.2) is 34.4 Å². The van der Waals surface area contributed by atoms with Gasteiger partial charge in [-0.2, -0.15) is 0 Å². The number of anilines is 3. The highest BCUT2D eigenvalue weighted by Crippen LogP contribution is 2.32. The molecule has 1 aliphatic rings. The van der Waals surface area contributed by atoms with Gasteiger partial charge in [0, 0.05) is 18.7 Å². The molecule has 12 heteroatoms. The van der Waals surface area contributed by atoms with Gasteiger partial charge in [0.05, 0.1) is 16.9 Å². The van der Waals surface area contributed by atoms with Crippen LogP contribution >= 0.6 is 0 Å². The third kappa shape index (κ3) is 5.60. The molecule has 184 valence electrons. The smallest absolute Gasteiger partial charge is 0.253 e. The summed E-state index contributed by atoms with van der Waals surface area (Å²) >= 11 is -2.10. The fourth-order valence-electron chi connectivity index (χ4n) is 3.45. The topological polar surface area (TPSA) is 109 Å². The van der Waals surface area contributed by atoms with Gasteiger partial charge in [0.2, 0.25) is 0 Å². The van der Waals surface area contributed by atoms with E-state index in [1.54, 1.807) is 13.0 Å². The number of rotatable bonds is 8. The van der Waals surface area contributed by atoms with E-state index in [0.29, 0.717) is 5.56 Å². The molecule has 1 saturated carbocycles. The molecule has 1 aliphatic carbocycles. The predicted octanol–water partition coefficient (Wildman–Crippen LogP) is 4.12. The Labute approximate surface area is 200 Å². The van der Waals surface area contributed by atoms with Crippen LogP contribution in [0.4, 0.5) is 34.8 Å². The van der Waals surface area contributed by atoms with Gasteiger partial charge in [-0.3, -0.25) is 9.52 Å². The summed E-state index contributed by atoms with van der Waals surface area (Å²) in [5, 5.41) is 10.3. The van der Waals surface area contributed by atoms with Gasteiger partial charge in [-0.15, -0.1) is 0 Å². The second-order valence-electron chi connectivity index (χ2n) is 8.15. The van der Waals surface area contributed by atoms with E-state index in [0.717, 1.165) is 18.9 Å². The first-order valence-corrected chi connectivity index (χ1v) is 11.8. The second kappa shape index (κ2) is 10.0. The highest BCUT2D eigenvalue weighted by Gasteiger charge is 2.28. The zero-order valence-corrected chi connectivity index (χ0v) is 19.2. The normalized spacial score (nSPS) is 13.9. The van der Waals surface area contributed by atoms with Crippen molar-refractivity contribution in [2.24, 2.45) is 5.14 Å². The number of hydrogen-bond donors (Lipinski definition) is 4. The number of benzene rings is 2. The summed E-state index contributed by atoms with van der Waals surface area (Å²) in [4.78, 5) is 16.6. The van der Waals surface area contributed by atoms with Crippen molar-refractivity contribution in [3.63, 3.8) is 0 Å². The third-order valence-electron chi connectivity index (χ3n) is 5.37. The molecule has 2 aromatic carbocycles. The highest BCUT2D eigenvalue weighted by molar-refractivity contribution is 7.84. The summed E-state index contributed by atoms with van der Waals surface area (Å²) in [6.07, 6.45) is 2.22. The van der Waals surface area contributed by atoms with E-state index in [9.17, 15) is 17.8 Å². The van der Waals surface area contributed by atoms with Gasteiger partial charge in [-0.05, 0) is 60.7 Å². The lowest BCUT2D eigenvalue weighted by Gasteiger charge is -2.17. The van der Waals surface area contributed by atoms with Crippen LogP contribution in [0.25, 0.3) is 0 Å². The lowest BCUT2D eigenvalue weighted by atomic mass is 9.99. The Morgan fingerprint density at radius 3 is 2.49 bits per heavy atom. The molecule has 0 aliphatic heterocycles. The number of hydrogen-bond acceptors (Lipinski definition) is 4. The van der Waals surface area contributed by atoms with Crippen molar-refractivity contribution < 1.29 is 26.6 Å². The minimum atomic E-state index is -2.10. The van der Waals surface area contributed by atoms with Gasteiger partial charge in [0.1, 0.15) is 5.82 Å². The molecule has 1 unspecified atom stereocenters. The Morgan fingerprint density at radius 1 is 1.09 bits per heavy atom. The van der Waals surface area contributed by atoms with Crippen LogP contribution in [0.5, 0.6) is 0 Å². The first kappa shape index (κ1) is 24.6. The van der Waals surface area contributed by atoms with Crippen molar-refractivity contribution in [3.8, 4) is 0 Å². The van der Waals surface area contributed by atoms with Crippen LogP contribution in [0.15, 0.2) is 36.5 Å². The lowest BCUT2D eigenvalue weighted by molar-refractivity contribution is 0.0951. The van der Waals surface area contributed by atoms with Crippen molar-refractivity contribution in [1.29, 1.82) is 0 Å². The van der Waals surface area contributed by atoms with Gasteiger partial charge in [-0.25, -0.2) is 31.9 Å². The monoisotopic (exact) mass is 507 g/mol. The van der Waals surface area contributed by atoms with E-state index in [1.807, 2.05) is 0 Å². The van der Waals surface area contributed by atoms with Gasteiger partial charge in [-0.1, -0.05) is 6.07 Å². The summed E-state index contributed by atoms with van der Waals surface area (Å²) in [6, 6.07) is 6.37. The Morgan fingerprint density at radius 2 is 1.83 bits per heavy atom. The molecule has 1 fully saturated rings. The Kier molecular flexibility index (Phi) is 7.03. The standard InChI is InChI=1S/C23H21F4N5O2S/c1-11-2-5-17(16(24)8-11)31-21-15(23(33)30-14-3-4-14)10-13(18(25)20(21)27)9-12-6-7-29-22(19(12)26)32-35(28)34/h2,5-8,10,14,31H,3-4,9,28H2,1H3,(H,29,32)(H,30,33). The van der Waals surface area contributed by atoms with Crippen molar-refractivity contribution >= 4 is 34.3 Å². The summed E-state index contributed by atoms with van der Waals surface area (Å²) < 4.78 is 72.8. The number of nitrogens with one attached hydrogen (secondary N) is 3. The van der Waals surface area contributed by atoms with Crippen LogP contribution in [0, 0.1) is 30.2 Å². The Balaban J connectivity index is 1.76. The number of amides is 1.